The van der Waals surface area contributed by atoms with Gasteiger partial charge >= 0.3 is 0 Å². The molecule has 18 heavy (non-hydrogen) atoms. The van der Waals surface area contributed by atoms with Crippen molar-refractivity contribution in [2.75, 3.05) is 5.73 Å². The van der Waals surface area contributed by atoms with E-state index in [0.717, 1.165) is 39.2 Å². The molecule has 2 heterocycles. The monoisotopic (exact) mass is 239 g/mol. The Morgan fingerprint density at radius 3 is 2.78 bits per heavy atom. The molecule has 3 rings (SSSR count). The normalized spacial score (nSPS) is 11.0. The summed E-state index contributed by atoms with van der Waals surface area (Å²) < 4.78 is 5.27. The number of hydrogen-bond acceptors (Lipinski definition) is 4. The van der Waals surface area contributed by atoms with Crippen LogP contribution in [-0.2, 0) is 0 Å². The van der Waals surface area contributed by atoms with Crippen LogP contribution in [0.1, 0.15) is 11.4 Å². The van der Waals surface area contributed by atoms with Crippen LogP contribution >= 0.6 is 0 Å². The van der Waals surface area contributed by atoms with Gasteiger partial charge in [-0.05, 0) is 43.7 Å². The zero-order valence-electron chi connectivity index (χ0n) is 10.3. The number of nitrogens with zero attached hydrogens (tertiary/aromatic N) is 2. The molecular weight excluding hydrogens is 226 g/mol. The van der Waals surface area contributed by atoms with Crippen LogP contribution < -0.4 is 5.73 Å². The number of rotatable bonds is 1. The van der Waals surface area contributed by atoms with Crippen molar-refractivity contribution in [3.8, 4) is 11.1 Å². The molecule has 0 spiro atoms. The number of pyridine rings is 1. The Hall–Kier alpha value is -2.36. The van der Waals surface area contributed by atoms with E-state index in [-0.39, 0.29) is 0 Å². The van der Waals surface area contributed by atoms with Crippen LogP contribution in [0.2, 0.25) is 0 Å². The number of nitrogens with two attached hydrogens (primary N) is 1. The first-order valence-corrected chi connectivity index (χ1v) is 5.73. The van der Waals surface area contributed by atoms with Crippen LogP contribution in [0, 0.1) is 13.8 Å². The Bertz CT molecular complexity index is 731. The van der Waals surface area contributed by atoms with E-state index in [0.29, 0.717) is 0 Å². The van der Waals surface area contributed by atoms with Crippen molar-refractivity contribution in [2.24, 2.45) is 0 Å². The van der Waals surface area contributed by atoms with Gasteiger partial charge < -0.3 is 10.3 Å². The highest BCUT2D eigenvalue weighted by molar-refractivity contribution is 5.91. The third-order valence-corrected chi connectivity index (χ3v) is 3.03. The lowest BCUT2D eigenvalue weighted by atomic mass is 10.0. The molecule has 0 bridgehead atoms. The summed E-state index contributed by atoms with van der Waals surface area (Å²) in [4.78, 5) is 4.18. The van der Waals surface area contributed by atoms with Crippen LogP contribution in [0.25, 0.3) is 22.1 Å². The van der Waals surface area contributed by atoms with E-state index in [1.807, 2.05) is 38.1 Å². The minimum absolute atomic E-state index is 0.722. The van der Waals surface area contributed by atoms with Crippen molar-refractivity contribution in [1.29, 1.82) is 0 Å². The molecule has 0 aliphatic carbocycles. The predicted octanol–water partition coefficient (Wildman–Crippen LogP) is 3.09. The molecule has 1 aromatic carbocycles. The fourth-order valence-corrected chi connectivity index (χ4v) is 2.08. The second-order valence-electron chi connectivity index (χ2n) is 4.39. The molecule has 0 atom stereocenters. The third kappa shape index (κ3) is 1.62. The van der Waals surface area contributed by atoms with E-state index < -0.39 is 0 Å². The topological polar surface area (TPSA) is 64.9 Å². The van der Waals surface area contributed by atoms with E-state index in [9.17, 15) is 0 Å². The second kappa shape index (κ2) is 3.84. The fourth-order valence-electron chi connectivity index (χ4n) is 2.08. The highest BCUT2D eigenvalue weighted by atomic mass is 16.5. The number of aryl methyl sites for hydroxylation is 2. The van der Waals surface area contributed by atoms with Crippen molar-refractivity contribution >= 4 is 16.7 Å². The zero-order chi connectivity index (χ0) is 12.7. The van der Waals surface area contributed by atoms with Gasteiger partial charge in [0.25, 0.3) is 0 Å². The highest BCUT2D eigenvalue weighted by Gasteiger charge is 2.10. The molecule has 3 aromatic rings. The predicted molar refractivity (Wildman–Crippen MR) is 71.1 cm³/mol. The van der Waals surface area contributed by atoms with Crippen LogP contribution in [-0.4, -0.2) is 10.1 Å². The van der Waals surface area contributed by atoms with Gasteiger partial charge in [0.1, 0.15) is 0 Å². The summed E-state index contributed by atoms with van der Waals surface area (Å²) in [6.07, 6.45) is 1.78. The van der Waals surface area contributed by atoms with E-state index in [4.69, 9.17) is 10.3 Å². The van der Waals surface area contributed by atoms with Gasteiger partial charge in [0.05, 0.1) is 5.69 Å². The van der Waals surface area contributed by atoms with Crippen LogP contribution in [0.3, 0.4) is 0 Å². The van der Waals surface area contributed by atoms with Gasteiger partial charge in [0.15, 0.2) is 5.58 Å². The molecule has 4 nitrogen and oxygen atoms in total. The lowest BCUT2D eigenvalue weighted by molar-refractivity contribution is 0.450. The molecule has 90 valence electrons. The molecule has 2 aromatic heterocycles. The Balaban J connectivity index is 2.26. The maximum atomic E-state index is 6.11. The maximum absolute atomic E-state index is 6.11. The highest BCUT2D eigenvalue weighted by Crippen LogP contribution is 2.31. The number of benzene rings is 1. The minimum atomic E-state index is 0.722. The molecule has 0 radical (unpaired) electrons. The Morgan fingerprint density at radius 2 is 2.00 bits per heavy atom. The smallest absolute Gasteiger partial charge is 0.167 e. The van der Waals surface area contributed by atoms with Crippen molar-refractivity contribution < 1.29 is 4.52 Å². The Labute approximate surface area is 104 Å². The molecule has 2 N–H and O–H groups in total. The minimum Gasteiger partial charge on any atom is -0.398 e. The molecule has 0 unspecified atom stereocenters. The third-order valence-electron chi connectivity index (χ3n) is 3.03. The van der Waals surface area contributed by atoms with Crippen LogP contribution in [0.5, 0.6) is 0 Å². The number of hydrogen-bond donors (Lipinski definition) is 1. The van der Waals surface area contributed by atoms with Crippen molar-refractivity contribution in [3.63, 3.8) is 0 Å². The van der Waals surface area contributed by atoms with Crippen LogP contribution in [0.15, 0.2) is 35.0 Å². The summed E-state index contributed by atoms with van der Waals surface area (Å²) in [5.41, 5.74) is 11.4. The van der Waals surface area contributed by atoms with Crippen molar-refractivity contribution in [1.82, 2.24) is 10.1 Å². The van der Waals surface area contributed by atoms with Gasteiger partial charge in [-0.1, -0.05) is 5.16 Å². The summed E-state index contributed by atoms with van der Waals surface area (Å²) in [5.74, 6) is 0. The average molecular weight is 239 g/mol. The standard InChI is InChI=1S/C14H13N3O/c1-8-5-10(3-4-16-8)12-7-14-11(6-13(12)15)9(2)17-18-14/h3-7H,15H2,1-2H3. The molecule has 0 amide bonds. The average Bonchev–Trinajstić information content (AvgIpc) is 2.70. The molecule has 0 aliphatic heterocycles. The number of nitrogen functional groups attached to an aromatic ring is 1. The van der Waals surface area contributed by atoms with Gasteiger partial charge in [0, 0.05) is 28.5 Å². The summed E-state index contributed by atoms with van der Waals surface area (Å²) >= 11 is 0. The molecule has 0 fully saturated rings. The fraction of sp³-hybridized carbons (Fsp3) is 0.143. The van der Waals surface area contributed by atoms with Gasteiger partial charge in [-0.25, -0.2) is 0 Å². The quantitative estimate of drug-likeness (QED) is 0.663. The molecular formula is C14H13N3O. The molecule has 0 aliphatic rings. The van der Waals surface area contributed by atoms with Gasteiger partial charge in [-0.2, -0.15) is 0 Å². The zero-order valence-corrected chi connectivity index (χ0v) is 10.3. The number of anilines is 1. The van der Waals surface area contributed by atoms with E-state index in [1.54, 1.807) is 6.20 Å². The molecule has 4 heteroatoms. The van der Waals surface area contributed by atoms with Crippen molar-refractivity contribution in [3.05, 3.63) is 41.9 Å². The summed E-state index contributed by atoms with van der Waals surface area (Å²) in [7, 11) is 0. The first-order chi connectivity index (χ1) is 8.65. The largest absolute Gasteiger partial charge is 0.398 e. The van der Waals surface area contributed by atoms with E-state index in [1.165, 1.54) is 0 Å². The van der Waals surface area contributed by atoms with Gasteiger partial charge in [0.2, 0.25) is 0 Å². The molecule has 0 saturated heterocycles. The SMILES string of the molecule is Cc1cc(-c2cc3onc(C)c3cc2N)ccn1. The Morgan fingerprint density at radius 1 is 1.17 bits per heavy atom. The summed E-state index contributed by atoms with van der Waals surface area (Å²) in [6.45, 7) is 3.86. The molecule has 0 saturated carbocycles. The second-order valence-corrected chi connectivity index (χ2v) is 4.39. The summed E-state index contributed by atoms with van der Waals surface area (Å²) in [6, 6.07) is 7.78. The Kier molecular flexibility index (Phi) is 2.30. The number of aromatic nitrogens is 2. The number of fused-ring (bicyclic) bond motifs is 1. The first-order valence-electron chi connectivity index (χ1n) is 5.73. The lowest BCUT2D eigenvalue weighted by Crippen LogP contribution is -1.91. The maximum Gasteiger partial charge on any atom is 0.167 e. The van der Waals surface area contributed by atoms with E-state index in [2.05, 4.69) is 10.1 Å². The van der Waals surface area contributed by atoms with Gasteiger partial charge in [-0.15, -0.1) is 0 Å². The lowest BCUT2D eigenvalue weighted by Gasteiger charge is -2.06. The van der Waals surface area contributed by atoms with E-state index >= 15 is 0 Å². The summed E-state index contributed by atoms with van der Waals surface area (Å²) in [5, 5.41) is 4.91. The van der Waals surface area contributed by atoms with Crippen LogP contribution in [0.4, 0.5) is 5.69 Å². The van der Waals surface area contributed by atoms with Crippen molar-refractivity contribution in [2.45, 2.75) is 13.8 Å². The first kappa shape index (κ1) is 10.8. The van der Waals surface area contributed by atoms with Gasteiger partial charge in [-0.3, -0.25) is 4.98 Å².